The van der Waals surface area contributed by atoms with Crippen LogP contribution in [0.4, 0.5) is 0 Å². The van der Waals surface area contributed by atoms with Gasteiger partial charge in [0, 0.05) is 6.54 Å². The van der Waals surface area contributed by atoms with Gasteiger partial charge in [0.25, 0.3) is 0 Å². The van der Waals surface area contributed by atoms with Crippen LogP contribution in [-0.4, -0.2) is 30.5 Å². The third-order valence-corrected chi connectivity index (χ3v) is 2.22. The van der Waals surface area contributed by atoms with Gasteiger partial charge < -0.3 is 20.3 Å². The van der Waals surface area contributed by atoms with E-state index in [9.17, 15) is 5.11 Å². The Morgan fingerprint density at radius 2 is 1.71 bits per heavy atom. The van der Waals surface area contributed by atoms with Crippen molar-refractivity contribution in [2.24, 2.45) is 5.73 Å². The summed E-state index contributed by atoms with van der Waals surface area (Å²) in [6, 6.07) is 7.32. The lowest BCUT2D eigenvalue weighted by atomic mass is 10.1. The number of ether oxygens (including phenoxy) is 2. The maximum atomic E-state index is 9.86. The summed E-state index contributed by atoms with van der Waals surface area (Å²) in [5, 5.41) is 9.86. The lowest BCUT2D eigenvalue weighted by Gasteiger charge is -2.22. The van der Waals surface area contributed by atoms with Crippen molar-refractivity contribution in [2.75, 3.05) is 19.8 Å². The highest BCUT2D eigenvalue weighted by Crippen LogP contribution is 2.30. The van der Waals surface area contributed by atoms with Gasteiger partial charge in [0.05, 0.1) is 0 Å². The van der Waals surface area contributed by atoms with E-state index < -0.39 is 5.60 Å². The molecule has 0 fully saturated rings. The molecule has 1 aromatic carbocycles. The second-order valence-corrected chi connectivity index (χ2v) is 3.45. The minimum absolute atomic E-state index is 0.126. The van der Waals surface area contributed by atoms with Crippen molar-refractivity contribution in [3.8, 4) is 11.5 Å². The molecule has 0 atom stereocenters. The van der Waals surface area contributed by atoms with E-state index in [2.05, 4.69) is 0 Å². The van der Waals surface area contributed by atoms with Crippen molar-refractivity contribution < 1.29 is 14.6 Å². The summed E-state index contributed by atoms with van der Waals surface area (Å²) in [6.07, 6.45) is 0. The Bertz CT molecular complexity index is 300. The predicted molar refractivity (Wildman–Crippen MR) is 51.4 cm³/mol. The molecule has 0 radical (unpaired) electrons. The highest BCUT2D eigenvalue weighted by Gasteiger charge is 2.30. The molecule has 0 spiro atoms. The van der Waals surface area contributed by atoms with Gasteiger partial charge in [-0.2, -0.15) is 0 Å². The molecule has 1 aromatic rings. The van der Waals surface area contributed by atoms with Gasteiger partial charge in [0.1, 0.15) is 18.8 Å². The van der Waals surface area contributed by atoms with E-state index in [1.165, 1.54) is 0 Å². The summed E-state index contributed by atoms with van der Waals surface area (Å²) in [4.78, 5) is 0. The fourth-order valence-electron chi connectivity index (χ4n) is 1.27. The molecule has 3 N–H and O–H groups in total. The second-order valence-electron chi connectivity index (χ2n) is 3.45. The van der Waals surface area contributed by atoms with Crippen molar-refractivity contribution >= 4 is 0 Å². The van der Waals surface area contributed by atoms with Crippen LogP contribution in [0, 0.1) is 0 Å². The zero-order valence-electron chi connectivity index (χ0n) is 7.77. The summed E-state index contributed by atoms with van der Waals surface area (Å²) < 4.78 is 10.8. The Labute approximate surface area is 82.2 Å². The van der Waals surface area contributed by atoms with Crippen molar-refractivity contribution in [1.29, 1.82) is 0 Å². The molecule has 0 amide bonds. The number of hydrogen-bond donors (Lipinski definition) is 2. The zero-order valence-corrected chi connectivity index (χ0v) is 7.77. The molecule has 1 aliphatic rings. The first-order valence-electron chi connectivity index (χ1n) is 4.51. The number of hydrogen-bond acceptors (Lipinski definition) is 4. The molecule has 0 bridgehead atoms. The molecule has 14 heavy (non-hydrogen) atoms. The molecule has 0 saturated heterocycles. The van der Waals surface area contributed by atoms with Crippen molar-refractivity contribution in [2.45, 2.75) is 5.60 Å². The van der Waals surface area contributed by atoms with Gasteiger partial charge in [0.15, 0.2) is 11.5 Å². The van der Waals surface area contributed by atoms with Gasteiger partial charge in [-0.15, -0.1) is 0 Å². The fourth-order valence-corrected chi connectivity index (χ4v) is 1.27. The molecule has 0 saturated carbocycles. The summed E-state index contributed by atoms with van der Waals surface area (Å²) in [5.41, 5.74) is 4.35. The first-order valence-corrected chi connectivity index (χ1v) is 4.51. The van der Waals surface area contributed by atoms with Crippen LogP contribution in [0.3, 0.4) is 0 Å². The minimum Gasteiger partial charge on any atom is -0.487 e. The first-order chi connectivity index (χ1) is 6.73. The van der Waals surface area contributed by atoms with E-state index in [4.69, 9.17) is 15.2 Å². The summed E-state index contributed by atoms with van der Waals surface area (Å²) in [7, 11) is 0. The van der Waals surface area contributed by atoms with Crippen LogP contribution in [0.1, 0.15) is 0 Å². The standard InChI is InChI=1S/C10H13NO3/c11-5-10(12)6-13-8-3-1-2-4-9(8)14-7-10/h1-4,12H,5-7,11H2. The third kappa shape index (κ3) is 1.66. The molecule has 76 valence electrons. The van der Waals surface area contributed by atoms with E-state index in [0.29, 0.717) is 11.5 Å². The highest BCUT2D eigenvalue weighted by molar-refractivity contribution is 5.40. The quantitative estimate of drug-likeness (QED) is 0.669. The Balaban J connectivity index is 2.22. The van der Waals surface area contributed by atoms with Gasteiger partial charge in [-0.1, -0.05) is 12.1 Å². The average Bonchev–Trinajstić information content (AvgIpc) is 2.40. The van der Waals surface area contributed by atoms with Crippen LogP contribution in [0.25, 0.3) is 0 Å². The largest absolute Gasteiger partial charge is 0.487 e. The zero-order chi connectivity index (χ0) is 10.0. The van der Waals surface area contributed by atoms with Crippen molar-refractivity contribution in [3.05, 3.63) is 24.3 Å². The number of benzene rings is 1. The van der Waals surface area contributed by atoms with Gasteiger partial charge in [-0.25, -0.2) is 0 Å². The van der Waals surface area contributed by atoms with Crippen LogP contribution in [0.2, 0.25) is 0 Å². The van der Waals surface area contributed by atoms with E-state index >= 15 is 0 Å². The van der Waals surface area contributed by atoms with Crippen LogP contribution in [0.5, 0.6) is 11.5 Å². The van der Waals surface area contributed by atoms with E-state index in [-0.39, 0.29) is 19.8 Å². The molecule has 4 nitrogen and oxygen atoms in total. The maximum Gasteiger partial charge on any atom is 0.161 e. The molecule has 1 aliphatic heterocycles. The van der Waals surface area contributed by atoms with Crippen LogP contribution in [0.15, 0.2) is 24.3 Å². The molecule has 1 heterocycles. The van der Waals surface area contributed by atoms with Gasteiger partial charge >= 0.3 is 0 Å². The van der Waals surface area contributed by atoms with E-state index in [0.717, 1.165) is 0 Å². The smallest absolute Gasteiger partial charge is 0.161 e. The monoisotopic (exact) mass is 195 g/mol. The summed E-state index contributed by atoms with van der Waals surface area (Å²) in [6.45, 7) is 0.460. The summed E-state index contributed by atoms with van der Waals surface area (Å²) in [5.74, 6) is 1.30. The molecular weight excluding hydrogens is 182 g/mol. The Morgan fingerprint density at radius 1 is 1.21 bits per heavy atom. The Morgan fingerprint density at radius 3 is 2.14 bits per heavy atom. The van der Waals surface area contributed by atoms with Crippen molar-refractivity contribution in [1.82, 2.24) is 0 Å². The normalized spacial score (nSPS) is 18.7. The Kier molecular flexibility index (Phi) is 2.31. The second kappa shape index (κ2) is 3.48. The average molecular weight is 195 g/mol. The number of aliphatic hydroxyl groups is 1. The van der Waals surface area contributed by atoms with Gasteiger partial charge in [0.2, 0.25) is 0 Å². The summed E-state index contributed by atoms with van der Waals surface area (Å²) >= 11 is 0. The van der Waals surface area contributed by atoms with Crippen LogP contribution >= 0.6 is 0 Å². The lowest BCUT2D eigenvalue weighted by Crippen LogP contribution is -2.47. The van der Waals surface area contributed by atoms with Gasteiger partial charge in [-0.05, 0) is 12.1 Å². The van der Waals surface area contributed by atoms with Crippen LogP contribution in [-0.2, 0) is 0 Å². The topological polar surface area (TPSA) is 64.7 Å². The molecule has 4 heteroatoms. The van der Waals surface area contributed by atoms with E-state index in [1.807, 2.05) is 12.1 Å². The van der Waals surface area contributed by atoms with Crippen molar-refractivity contribution in [3.63, 3.8) is 0 Å². The molecule has 2 rings (SSSR count). The number of fused-ring (bicyclic) bond motifs is 1. The molecule has 0 aliphatic carbocycles. The Hall–Kier alpha value is -1.26. The minimum atomic E-state index is -1.08. The maximum absolute atomic E-state index is 9.86. The number of nitrogens with two attached hydrogens (primary N) is 1. The molecule has 0 unspecified atom stereocenters. The first kappa shape index (κ1) is 9.30. The number of rotatable bonds is 1. The SMILES string of the molecule is NCC1(O)COc2ccccc2OC1. The molecular formula is C10H13NO3. The van der Waals surface area contributed by atoms with E-state index in [1.54, 1.807) is 12.1 Å². The predicted octanol–water partition coefficient (Wildman–Crippen LogP) is 0.148. The molecule has 0 aromatic heterocycles. The third-order valence-electron chi connectivity index (χ3n) is 2.22. The number of para-hydroxylation sites is 2. The van der Waals surface area contributed by atoms with Gasteiger partial charge in [-0.3, -0.25) is 0 Å². The highest BCUT2D eigenvalue weighted by atomic mass is 16.6. The fraction of sp³-hybridized carbons (Fsp3) is 0.400. The lowest BCUT2D eigenvalue weighted by molar-refractivity contribution is -0.0202. The van der Waals surface area contributed by atoms with Crippen LogP contribution < -0.4 is 15.2 Å².